The van der Waals surface area contributed by atoms with Gasteiger partial charge in [0, 0.05) is 18.7 Å². The van der Waals surface area contributed by atoms with E-state index in [9.17, 15) is 13.2 Å². The Balaban J connectivity index is 2.07. The number of anilines is 1. The molecule has 1 heterocycles. The number of nitrogens with one attached hydrogen (secondary N) is 1. The van der Waals surface area contributed by atoms with E-state index >= 15 is 0 Å². The van der Waals surface area contributed by atoms with Crippen LogP contribution >= 0.6 is 0 Å². The summed E-state index contributed by atoms with van der Waals surface area (Å²) in [5, 5.41) is 2.89. The molecule has 1 amide bonds. The van der Waals surface area contributed by atoms with Crippen LogP contribution in [0.15, 0.2) is 24.3 Å². The lowest BCUT2D eigenvalue weighted by Crippen LogP contribution is -2.28. The number of nitrogens with zero attached hydrogens (tertiary/aromatic N) is 1. The van der Waals surface area contributed by atoms with Gasteiger partial charge in [-0.2, -0.15) is 0 Å². The minimum atomic E-state index is -3.22. The highest BCUT2D eigenvalue weighted by molar-refractivity contribution is 7.93. The van der Waals surface area contributed by atoms with E-state index in [0.29, 0.717) is 30.8 Å². The summed E-state index contributed by atoms with van der Waals surface area (Å²) in [5.41, 5.74) is 1.23. The van der Waals surface area contributed by atoms with Crippen LogP contribution in [0.5, 0.6) is 0 Å². The molecule has 1 aliphatic heterocycles. The van der Waals surface area contributed by atoms with Gasteiger partial charge in [0.1, 0.15) is 0 Å². The second kappa shape index (κ2) is 6.28. The quantitative estimate of drug-likeness (QED) is 0.925. The highest BCUT2D eigenvalue weighted by Crippen LogP contribution is 2.24. The van der Waals surface area contributed by atoms with Crippen LogP contribution in [0, 0.1) is 5.41 Å². The Hall–Kier alpha value is -1.56. The maximum atomic E-state index is 12.2. The van der Waals surface area contributed by atoms with E-state index in [0.717, 1.165) is 6.42 Å². The molecule has 1 aromatic carbocycles. The number of hydrogen-bond donors (Lipinski definition) is 1. The zero-order valence-electron chi connectivity index (χ0n) is 13.4. The van der Waals surface area contributed by atoms with Crippen molar-refractivity contribution in [3.63, 3.8) is 0 Å². The van der Waals surface area contributed by atoms with Gasteiger partial charge in [0.2, 0.25) is 10.0 Å². The number of hydrogen-bond acceptors (Lipinski definition) is 3. The zero-order chi connectivity index (χ0) is 16.4. The van der Waals surface area contributed by atoms with Gasteiger partial charge in [0.15, 0.2) is 0 Å². The summed E-state index contributed by atoms with van der Waals surface area (Å²) < 4.78 is 25.3. The molecule has 0 bridgehead atoms. The summed E-state index contributed by atoms with van der Waals surface area (Å²) in [6.07, 6.45) is 1.52. The van der Waals surface area contributed by atoms with E-state index in [1.807, 2.05) is 0 Å². The molecule has 1 fully saturated rings. The van der Waals surface area contributed by atoms with E-state index in [1.165, 1.54) is 4.31 Å². The molecule has 1 saturated heterocycles. The highest BCUT2D eigenvalue weighted by atomic mass is 32.2. The Morgan fingerprint density at radius 2 is 2.05 bits per heavy atom. The van der Waals surface area contributed by atoms with Gasteiger partial charge in [0.25, 0.3) is 5.91 Å². The number of sulfonamides is 1. The molecule has 0 saturated carbocycles. The summed E-state index contributed by atoms with van der Waals surface area (Å²) in [6, 6.07) is 6.81. The number of carbonyl (C=O) groups excluding carboxylic acids is 1. The second-order valence-electron chi connectivity index (χ2n) is 6.86. The van der Waals surface area contributed by atoms with Crippen molar-refractivity contribution in [3.8, 4) is 0 Å². The van der Waals surface area contributed by atoms with Crippen LogP contribution in [0.1, 0.15) is 44.0 Å². The van der Waals surface area contributed by atoms with Gasteiger partial charge in [-0.3, -0.25) is 9.10 Å². The van der Waals surface area contributed by atoms with Gasteiger partial charge < -0.3 is 5.32 Å². The predicted molar refractivity (Wildman–Crippen MR) is 88.6 cm³/mol. The van der Waals surface area contributed by atoms with Gasteiger partial charge in [0.05, 0.1) is 11.4 Å². The molecule has 1 N–H and O–H groups in total. The van der Waals surface area contributed by atoms with Gasteiger partial charge in [-0.05, 0) is 36.5 Å². The van der Waals surface area contributed by atoms with Crippen LogP contribution in [0.3, 0.4) is 0 Å². The van der Waals surface area contributed by atoms with Gasteiger partial charge in [-0.25, -0.2) is 8.42 Å². The number of carbonyl (C=O) groups is 1. The van der Waals surface area contributed by atoms with Crippen molar-refractivity contribution in [3.05, 3.63) is 29.8 Å². The first-order valence-electron chi connectivity index (χ1n) is 7.58. The summed E-state index contributed by atoms with van der Waals surface area (Å²) in [4.78, 5) is 12.2. The maximum Gasteiger partial charge on any atom is 0.251 e. The Morgan fingerprint density at radius 3 is 2.64 bits per heavy atom. The van der Waals surface area contributed by atoms with E-state index < -0.39 is 10.0 Å². The fourth-order valence-corrected chi connectivity index (χ4v) is 3.94. The predicted octanol–water partition coefficient (Wildman–Crippen LogP) is 2.39. The largest absolute Gasteiger partial charge is 0.352 e. The molecule has 1 aromatic rings. The topological polar surface area (TPSA) is 66.5 Å². The molecule has 0 aromatic heterocycles. The van der Waals surface area contributed by atoms with Crippen molar-refractivity contribution in [2.75, 3.05) is 23.1 Å². The lowest BCUT2D eigenvalue weighted by atomic mass is 9.92. The smallest absolute Gasteiger partial charge is 0.251 e. The molecule has 1 aliphatic rings. The number of amides is 1. The Morgan fingerprint density at radius 1 is 1.32 bits per heavy atom. The van der Waals surface area contributed by atoms with Crippen molar-refractivity contribution in [1.29, 1.82) is 0 Å². The molecular weight excluding hydrogens is 300 g/mol. The molecule has 6 heteroatoms. The summed E-state index contributed by atoms with van der Waals surface area (Å²) in [6.45, 7) is 7.46. The molecule has 0 unspecified atom stereocenters. The summed E-state index contributed by atoms with van der Waals surface area (Å²) >= 11 is 0. The van der Waals surface area contributed by atoms with Gasteiger partial charge in [-0.1, -0.05) is 26.8 Å². The molecule has 22 heavy (non-hydrogen) atoms. The third-order valence-corrected chi connectivity index (χ3v) is 5.53. The van der Waals surface area contributed by atoms with E-state index in [-0.39, 0.29) is 17.1 Å². The Bertz CT molecular complexity index is 648. The Kier molecular flexibility index (Phi) is 4.80. The summed E-state index contributed by atoms with van der Waals surface area (Å²) in [7, 11) is -3.22. The van der Waals surface area contributed by atoms with Crippen molar-refractivity contribution >= 4 is 21.6 Å². The minimum Gasteiger partial charge on any atom is -0.352 e. The van der Waals surface area contributed by atoms with Crippen LogP contribution in [-0.4, -0.2) is 33.2 Å². The van der Waals surface area contributed by atoms with E-state index in [4.69, 9.17) is 0 Å². The standard InChI is InChI=1S/C16H24N2O3S/c1-16(2,3)8-9-17-15(19)13-6-4-7-14(12-13)18-10-5-11-22(18,20)21/h4,6-7,12H,5,8-11H2,1-3H3,(H,17,19). The van der Waals surface area contributed by atoms with Gasteiger partial charge >= 0.3 is 0 Å². The molecule has 5 nitrogen and oxygen atoms in total. The van der Waals surface area contributed by atoms with Crippen molar-refractivity contribution in [2.45, 2.75) is 33.6 Å². The molecule has 0 atom stereocenters. The van der Waals surface area contributed by atoms with Gasteiger partial charge in [-0.15, -0.1) is 0 Å². The van der Waals surface area contributed by atoms with Crippen LogP contribution in [0.2, 0.25) is 0 Å². The molecule has 2 rings (SSSR count). The normalized spacial score (nSPS) is 17.5. The first-order valence-corrected chi connectivity index (χ1v) is 9.19. The lowest BCUT2D eigenvalue weighted by Gasteiger charge is -2.19. The number of rotatable bonds is 4. The average Bonchev–Trinajstić information content (AvgIpc) is 2.77. The first kappa shape index (κ1) is 16.8. The third kappa shape index (κ3) is 4.22. The number of benzene rings is 1. The SMILES string of the molecule is CC(C)(C)CCNC(=O)c1cccc(N2CCCS2(=O)=O)c1. The molecule has 122 valence electrons. The molecule has 0 spiro atoms. The molecular formula is C16H24N2O3S. The maximum absolute atomic E-state index is 12.2. The third-order valence-electron chi connectivity index (χ3n) is 3.66. The van der Waals surface area contributed by atoms with Crippen LogP contribution in [-0.2, 0) is 10.0 Å². The van der Waals surface area contributed by atoms with Crippen LogP contribution < -0.4 is 9.62 Å². The van der Waals surface area contributed by atoms with Crippen LogP contribution in [0.25, 0.3) is 0 Å². The highest BCUT2D eigenvalue weighted by Gasteiger charge is 2.28. The van der Waals surface area contributed by atoms with Crippen LogP contribution in [0.4, 0.5) is 5.69 Å². The van der Waals surface area contributed by atoms with Crippen molar-refractivity contribution in [2.24, 2.45) is 5.41 Å². The second-order valence-corrected chi connectivity index (χ2v) is 8.87. The van der Waals surface area contributed by atoms with Crippen molar-refractivity contribution in [1.82, 2.24) is 5.32 Å². The lowest BCUT2D eigenvalue weighted by molar-refractivity contribution is 0.0949. The van der Waals surface area contributed by atoms with Crippen molar-refractivity contribution < 1.29 is 13.2 Å². The first-order chi connectivity index (χ1) is 10.2. The summed E-state index contributed by atoms with van der Waals surface area (Å²) in [5.74, 6) is 0.0114. The van der Waals surface area contributed by atoms with E-state index in [1.54, 1.807) is 24.3 Å². The molecule has 0 aliphatic carbocycles. The zero-order valence-corrected chi connectivity index (χ0v) is 14.2. The fraction of sp³-hybridized carbons (Fsp3) is 0.562. The monoisotopic (exact) mass is 324 g/mol. The average molecular weight is 324 g/mol. The minimum absolute atomic E-state index is 0.164. The van der Waals surface area contributed by atoms with E-state index in [2.05, 4.69) is 26.1 Å². The molecule has 0 radical (unpaired) electrons. The Labute approximate surface area is 132 Å². The fourth-order valence-electron chi connectivity index (χ4n) is 2.38.